The van der Waals surface area contributed by atoms with Crippen molar-refractivity contribution in [2.24, 2.45) is 5.92 Å². The van der Waals surface area contributed by atoms with Gasteiger partial charge in [-0.25, -0.2) is 0 Å². The van der Waals surface area contributed by atoms with Gasteiger partial charge in [-0.05, 0) is 37.5 Å². The molecule has 0 fully saturated rings. The second-order valence-corrected chi connectivity index (χ2v) is 6.02. The standard InChI is InChI=1S/C16H27NO3/c1-12(2)9-20-15-7-5-14(6-8-15)13(3)17-16(4,10-18)11-19/h5-8,12-13,17-19H,9-11H2,1-4H3. The van der Waals surface area contributed by atoms with Gasteiger partial charge >= 0.3 is 0 Å². The van der Waals surface area contributed by atoms with Crippen LogP contribution in [0.2, 0.25) is 0 Å². The van der Waals surface area contributed by atoms with Crippen molar-refractivity contribution in [2.45, 2.75) is 39.3 Å². The van der Waals surface area contributed by atoms with E-state index < -0.39 is 5.54 Å². The number of hydrogen-bond donors (Lipinski definition) is 3. The number of hydrogen-bond acceptors (Lipinski definition) is 4. The molecule has 0 aliphatic carbocycles. The largest absolute Gasteiger partial charge is 0.493 e. The van der Waals surface area contributed by atoms with Gasteiger partial charge in [-0.3, -0.25) is 0 Å². The molecule has 0 bridgehead atoms. The highest BCUT2D eigenvalue weighted by molar-refractivity contribution is 5.29. The number of aliphatic hydroxyl groups excluding tert-OH is 2. The van der Waals surface area contributed by atoms with Crippen molar-refractivity contribution in [2.75, 3.05) is 19.8 Å². The minimum atomic E-state index is -0.674. The van der Waals surface area contributed by atoms with Gasteiger partial charge in [-0.1, -0.05) is 26.0 Å². The molecule has 0 aliphatic rings. The third-order valence-corrected chi connectivity index (χ3v) is 3.23. The molecule has 1 aromatic carbocycles. The Morgan fingerprint density at radius 2 is 1.65 bits per heavy atom. The summed E-state index contributed by atoms with van der Waals surface area (Å²) in [6, 6.07) is 7.94. The number of ether oxygens (including phenoxy) is 1. The molecule has 4 heteroatoms. The first-order valence-corrected chi connectivity index (χ1v) is 7.12. The Morgan fingerprint density at radius 1 is 1.10 bits per heavy atom. The number of nitrogens with one attached hydrogen (secondary N) is 1. The van der Waals surface area contributed by atoms with Crippen LogP contribution in [-0.4, -0.2) is 35.6 Å². The van der Waals surface area contributed by atoms with Crippen molar-refractivity contribution in [1.82, 2.24) is 5.32 Å². The Bertz CT molecular complexity index is 385. The van der Waals surface area contributed by atoms with Crippen LogP contribution in [-0.2, 0) is 0 Å². The van der Waals surface area contributed by atoms with Gasteiger partial charge in [0.2, 0.25) is 0 Å². The van der Waals surface area contributed by atoms with Gasteiger partial charge in [0.1, 0.15) is 5.75 Å². The van der Waals surface area contributed by atoms with E-state index >= 15 is 0 Å². The molecule has 20 heavy (non-hydrogen) atoms. The van der Waals surface area contributed by atoms with E-state index in [-0.39, 0.29) is 19.3 Å². The summed E-state index contributed by atoms with van der Waals surface area (Å²) < 4.78 is 5.65. The minimum Gasteiger partial charge on any atom is -0.493 e. The van der Waals surface area contributed by atoms with Crippen LogP contribution in [0.5, 0.6) is 5.75 Å². The molecular formula is C16H27NO3. The average Bonchev–Trinajstić information content (AvgIpc) is 2.45. The van der Waals surface area contributed by atoms with Crippen LogP contribution in [0.3, 0.4) is 0 Å². The molecule has 3 N–H and O–H groups in total. The van der Waals surface area contributed by atoms with Gasteiger partial charge < -0.3 is 20.3 Å². The van der Waals surface area contributed by atoms with Gasteiger partial charge in [0.05, 0.1) is 25.4 Å². The molecule has 1 atom stereocenters. The van der Waals surface area contributed by atoms with E-state index in [1.54, 1.807) is 6.92 Å². The lowest BCUT2D eigenvalue weighted by Gasteiger charge is -2.30. The zero-order valence-electron chi connectivity index (χ0n) is 12.9. The molecule has 0 spiro atoms. The molecule has 1 aromatic rings. The van der Waals surface area contributed by atoms with E-state index in [0.29, 0.717) is 12.5 Å². The summed E-state index contributed by atoms with van der Waals surface area (Å²) in [7, 11) is 0. The fraction of sp³-hybridized carbons (Fsp3) is 0.625. The van der Waals surface area contributed by atoms with Gasteiger partial charge in [0.25, 0.3) is 0 Å². The second kappa shape index (κ2) is 7.62. The van der Waals surface area contributed by atoms with Gasteiger partial charge in [0.15, 0.2) is 0 Å². The molecule has 0 heterocycles. The van der Waals surface area contributed by atoms with Crippen LogP contribution in [0, 0.1) is 5.92 Å². The number of benzene rings is 1. The van der Waals surface area contributed by atoms with E-state index in [4.69, 9.17) is 4.74 Å². The lowest BCUT2D eigenvalue weighted by Crippen LogP contribution is -2.49. The predicted octanol–water partition coefficient (Wildman–Crippen LogP) is 2.12. The number of aliphatic hydroxyl groups is 2. The monoisotopic (exact) mass is 281 g/mol. The molecule has 0 amide bonds. The first kappa shape index (κ1) is 17.0. The van der Waals surface area contributed by atoms with Crippen molar-refractivity contribution < 1.29 is 14.9 Å². The SMILES string of the molecule is CC(C)COc1ccc(C(C)NC(C)(CO)CO)cc1. The number of rotatable bonds is 8. The summed E-state index contributed by atoms with van der Waals surface area (Å²) in [6.07, 6.45) is 0. The summed E-state index contributed by atoms with van der Waals surface area (Å²) in [5.74, 6) is 1.37. The average molecular weight is 281 g/mol. The smallest absolute Gasteiger partial charge is 0.119 e. The first-order chi connectivity index (χ1) is 9.40. The molecular weight excluding hydrogens is 254 g/mol. The maximum Gasteiger partial charge on any atom is 0.119 e. The fourth-order valence-corrected chi connectivity index (χ4v) is 1.86. The van der Waals surface area contributed by atoms with Crippen LogP contribution in [0.25, 0.3) is 0 Å². The van der Waals surface area contributed by atoms with E-state index in [1.165, 1.54) is 0 Å². The van der Waals surface area contributed by atoms with Crippen molar-refractivity contribution >= 4 is 0 Å². The molecule has 0 saturated carbocycles. The summed E-state index contributed by atoms with van der Waals surface area (Å²) >= 11 is 0. The summed E-state index contributed by atoms with van der Waals surface area (Å²) in [4.78, 5) is 0. The Labute approximate surface area is 121 Å². The van der Waals surface area contributed by atoms with Crippen LogP contribution in [0.4, 0.5) is 0 Å². The molecule has 1 unspecified atom stereocenters. The lowest BCUT2D eigenvalue weighted by molar-refractivity contribution is 0.0957. The van der Waals surface area contributed by atoms with Crippen molar-refractivity contribution in [3.8, 4) is 5.75 Å². The van der Waals surface area contributed by atoms with Crippen LogP contribution in [0.1, 0.15) is 39.3 Å². The zero-order valence-corrected chi connectivity index (χ0v) is 12.9. The van der Waals surface area contributed by atoms with E-state index in [1.807, 2.05) is 31.2 Å². The normalized spacial score (nSPS) is 13.6. The molecule has 0 saturated heterocycles. The van der Waals surface area contributed by atoms with Gasteiger partial charge in [-0.2, -0.15) is 0 Å². The first-order valence-electron chi connectivity index (χ1n) is 7.12. The molecule has 0 aromatic heterocycles. The Hall–Kier alpha value is -1.10. The van der Waals surface area contributed by atoms with Crippen molar-refractivity contribution in [3.05, 3.63) is 29.8 Å². The Kier molecular flexibility index (Phi) is 6.46. The lowest BCUT2D eigenvalue weighted by atomic mass is 10.0. The maximum atomic E-state index is 9.30. The highest BCUT2D eigenvalue weighted by atomic mass is 16.5. The highest BCUT2D eigenvalue weighted by Gasteiger charge is 2.24. The van der Waals surface area contributed by atoms with Crippen LogP contribution >= 0.6 is 0 Å². The second-order valence-electron chi connectivity index (χ2n) is 6.02. The predicted molar refractivity (Wildman–Crippen MR) is 80.9 cm³/mol. The maximum absolute atomic E-state index is 9.30. The highest BCUT2D eigenvalue weighted by Crippen LogP contribution is 2.20. The van der Waals surface area contributed by atoms with Gasteiger partial charge in [0, 0.05) is 6.04 Å². The zero-order chi connectivity index (χ0) is 15.2. The van der Waals surface area contributed by atoms with Crippen LogP contribution in [0.15, 0.2) is 24.3 Å². The summed E-state index contributed by atoms with van der Waals surface area (Å²) in [6.45, 7) is 8.53. The third kappa shape index (κ3) is 5.12. The molecule has 4 nitrogen and oxygen atoms in total. The van der Waals surface area contributed by atoms with E-state index in [2.05, 4.69) is 19.2 Å². The van der Waals surface area contributed by atoms with E-state index in [9.17, 15) is 10.2 Å². The fourth-order valence-electron chi connectivity index (χ4n) is 1.86. The molecule has 114 valence electrons. The van der Waals surface area contributed by atoms with Crippen molar-refractivity contribution in [1.29, 1.82) is 0 Å². The third-order valence-electron chi connectivity index (χ3n) is 3.23. The van der Waals surface area contributed by atoms with Crippen molar-refractivity contribution in [3.63, 3.8) is 0 Å². The van der Waals surface area contributed by atoms with Crippen LogP contribution < -0.4 is 10.1 Å². The topological polar surface area (TPSA) is 61.7 Å². The van der Waals surface area contributed by atoms with Gasteiger partial charge in [-0.15, -0.1) is 0 Å². The Balaban J connectivity index is 2.63. The Morgan fingerprint density at radius 3 is 2.10 bits per heavy atom. The molecule has 1 rings (SSSR count). The molecule has 0 radical (unpaired) electrons. The summed E-state index contributed by atoms with van der Waals surface area (Å²) in [5.41, 5.74) is 0.418. The summed E-state index contributed by atoms with van der Waals surface area (Å²) in [5, 5.41) is 21.8. The minimum absolute atomic E-state index is 0.0402. The quantitative estimate of drug-likeness (QED) is 0.683. The molecule has 0 aliphatic heterocycles. The van der Waals surface area contributed by atoms with E-state index in [0.717, 1.165) is 11.3 Å².